The van der Waals surface area contributed by atoms with Crippen molar-refractivity contribution < 1.29 is 13.2 Å². The van der Waals surface area contributed by atoms with Crippen molar-refractivity contribution in [1.82, 2.24) is 0 Å². The maximum atomic E-state index is 12.5. The van der Waals surface area contributed by atoms with E-state index in [-0.39, 0.29) is 0 Å². The number of carbonyl (C=O) groups excluding carboxylic acids is 1. The van der Waals surface area contributed by atoms with E-state index >= 15 is 0 Å². The number of anilines is 1. The van der Waals surface area contributed by atoms with Crippen molar-refractivity contribution in [1.29, 1.82) is 0 Å². The highest BCUT2D eigenvalue weighted by atomic mass is 35.5. The molecule has 1 saturated heterocycles. The highest BCUT2D eigenvalue weighted by molar-refractivity contribution is 7.93. The smallest absolute Gasteiger partial charge is 0.243 e. The Kier molecular flexibility index (Phi) is 4.17. The second kappa shape index (κ2) is 5.98. The van der Waals surface area contributed by atoms with E-state index in [1.807, 2.05) is 25.1 Å². The lowest BCUT2D eigenvalue weighted by atomic mass is 10.1. The topological polar surface area (TPSA) is 54.5 Å². The number of rotatable bonds is 3. The number of sulfone groups is 1. The van der Waals surface area contributed by atoms with Gasteiger partial charge in [0.15, 0.2) is 15.2 Å². The van der Waals surface area contributed by atoms with Crippen molar-refractivity contribution >= 4 is 33.0 Å². The Balaban J connectivity index is 2.17. The minimum atomic E-state index is -3.59. The Hall–Kier alpha value is -1.85. The number of hydrogen-bond acceptors (Lipinski definition) is 3. The van der Waals surface area contributed by atoms with Gasteiger partial charge in [0.1, 0.15) is 5.75 Å². The number of nitrogens with zero attached hydrogens (tertiary/aromatic N) is 1. The SMILES string of the molecule is CCc1ccccc1N1C(=O)CS(=O)(=O)C1c1ccc(Cl)cc1. The molecule has 1 unspecified atom stereocenters. The highest BCUT2D eigenvalue weighted by Crippen LogP contribution is 2.39. The minimum Gasteiger partial charge on any atom is -0.289 e. The Morgan fingerprint density at radius 1 is 1.13 bits per heavy atom. The Labute approximate surface area is 140 Å². The molecule has 2 aromatic rings. The summed E-state index contributed by atoms with van der Waals surface area (Å²) < 4.78 is 25.1. The molecule has 0 aliphatic carbocycles. The van der Waals surface area contributed by atoms with Gasteiger partial charge in [-0.3, -0.25) is 9.69 Å². The van der Waals surface area contributed by atoms with Crippen molar-refractivity contribution in [2.24, 2.45) is 0 Å². The third-order valence-corrected chi connectivity index (χ3v) is 6.02. The number of carbonyl (C=O) groups is 1. The predicted molar refractivity (Wildman–Crippen MR) is 91.3 cm³/mol. The van der Waals surface area contributed by atoms with Gasteiger partial charge in [-0.15, -0.1) is 0 Å². The van der Waals surface area contributed by atoms with Crippen molar-refractivity contribution in [2.75, 3.05) is 10.7 Å². The van der Waals surface area contributed by atoms with Crippen LogP contribution < -0.4 is 4.90 Å². The zero-order chi connectivity index (χ0) is 16.6. The van der Waals surface area contributed by atoms with Crippen LogP contribution in [0.2, 0.25) is 5.02 Å². The molecule has 3 rings (SSSR count). The Morgan fingerprint density at radius 2 is 1.78 bits per heavy atom. The molecule has 2 aromatic carbocycles. The third kappa shape index (κ3) is 2.86. The van der Waals surface area contributed by atoms with Gasteiger partial charge in [-0.1, -0.05) is 48.9 Å². The van der Waals surface area contributed by atoms with Crippen molar-refractivity contribution in [3.63, 3.8) is 0 Å². The van der Waals surface area contributed by atoms with E-state index in [0.717, 1.165) is 5.56 Å². The number of amides is 1. The molecule has 1 heterocycles. The van der Waals surface area contributed by atoms with Crippen LogP contribution in [0.25, 0.3) is 0 Å². The Morgan fingerprint density at radius 3 is 2.43 bits per heavy atom. The second-order valence-corrected chi connectivity index (χ2v) is 7.95. The molecule has 1 fully saturated rings. The first-order valence-corrected chi connectivity index (χ1v) is 9.40. The maximum absolute atomic E-state index is 12.5. The number of aryl methyl sites for hydroxylation is 1. The monoisotopic (exact) mass is 349 g/mol. The normalized spacial score (nSPS) is 20.0. The summed E-state index contributed by atoms with van der Waals surface area (Å²) in [5.41, 5.74) is 2.14. The lowest BCUT2D eigenvalue weighted by Crippen LogP contribution is -2.30. The highest BCUT2D eigenvalue weighted by Gasteiger charge is 2.46. The molecule has 0 saturated carbocycles. The molecular weight excluding hydrogens is 334 g/mol. The van der Waals surface area contributed by atoms with Crippen LogP contribution in [0.1, 0.15) is 23.4 Å². The van der Waals surface area contributed by atoms with Gasteiger partial charge >= 0.3 is 0 Å². The number of halogens is 1. The first-order chi connectivity index (χ1) is 10.9. The summed E-state index contributed by atoms with van der Waals surface area (Å²) in [7, 11) is -3.59. The molecule has 0 aromatic heterocycles. The second-order valence-electron chi connectivity index (χ2n) is 5.46. The average Bonchev–Trinajstić information content (AvgIpc) is 2.77. The van der Waals surface area contributed by atoms with Gasteiger partial charge in [0, 0.05) is 10.7 Å². The summed E-state index contributed by atoms with van der Waals surface area (Å²) in [6.07, 6.45) is 0.716. The summed E-state index contributed by atoms with van der Waals surface area (Å²) in [5, 5.41) is -0.476. The minimum absolute atomic E-state index is 0.397. The fourth-order valence-corrected chi connectivity index (χ4v) is 4.79. The third-order valence-electron chi connectivity index (χ3n) is 3.96. The molecule has 1 aliphatic heterocycles. The summed E-state index contributed by atoms with van der Waals surface area (Å²) >= 11 is 5.89. The lowest BCUT2D eigenvalue weighted by molar-refractivity contribution is -0.115. The molecule has 0 spiro atoms. The van der Waals surface area contributed by atoms with Gasteiger partial charge in [-0.25, -0.2) is 8.42 Å². The first kappa shape index (κ1) is 16.0. The fourth-order valence-electron chi connectivity index (χ4n) is 2.90. The standard InChI is InChI=1S/C17H16ClNO3S/c1-2-12-5-3-4-6-15(12)19-16(20)11-23(21,22)17(19)13-7-9-14(18)10-8-13/h3-10,17H,2,11H2,1H3. The Bertz CT molecular complexity index is 846. The zero-order valence-corrected chi connectivity index (χ0v) is 14.1. The van der Waals surface area contributed by atoms with Gasteiger partial charge in [-0.2, -0.15) is 0 Å². The predicted octanol–water partition coefficient (Wildman–Crippen LogP) is 3.36. The number of para-hydroxylation sites is 1. The van der Waals surface area contributed by atoms with E-state index in [2.05, 4.69) is 0 Å². The van der Waals surface area contributed by atoms with Gasteiger partial charge in [0.2, 0.25) is 5.91 Å². The van der Waals surface area contributed by atoms with Crippen molar-refractivity contribution in [3.8, 4) is 0 Å². The van der Waals surface area contributed by atoms with Crippen LogP contribution in [0, 0.1) is 0 Å². The fraction of sp³-hybridized carbons (Fsp3) is 0.235. The summed E-state index contributed by atoms with van der Waals surface area (Å²) in [6.45, 7) is 1.98. The van der Waals surface area contributed by atoms with Crippen molar-refractivity contribution in [2.45, 2.75) is 18.7 Å². The van der Waals surface area contributed by atoms with E-state index in [1.54, 1.807) is 30.3 Å². The molecule has 0 N–H and O–H groups in total. The van der Waals surface area contributed by atoms with Gasteiger partial charge in [0.25, 0.3) is 0 Å². The average molecular weight is 350 g/mol. The van der Waals surface area contributed by atoms with E-state index in [9.17, 15) is 13.2 Å². The summed E-state index contributed by atoms with van der Waals surface area (Å²) in [5.74, 6) is -0.871. The molecule has 4 nitrogen and oxygen atoms in total. The van der Waals surface area contributed by atoms with Crippen LogP contribution in [0.3, 0.4) is 0 Å². The van der Waals surface area contributed by atoms with E-state index in [1.165, 1.54) is 4.90 Å². The van der Waals surface area contributed by atoms with Crippen LogP contribution in [0.15, 0.2) is 48.5 Å². The quantitative estimate of drug-likeness (QED) is 0.853. The first-order valence-electron chi connectivity index (χ1n) is 7.31. The van der Waals surface area contributed by atoms with E-state index < -0.39 is 26.9 Å². The number of benzene rings is 2. The van der Waals surface area contributed by atoms with Gasteiger partial charge in [0.05, 0.1) is 0 Å². The summed E-state index contributed by atoms with van der Waals surface area (Å²) in [4.78, 5) is 13.8. The van der Waals surface area contributed by atoms with Crippen LogP contribution in [-0.4, -0.2) is 20.1 Å². The van der Waals surface area contributed by atoms with Crippen LogP contribution >= 0.6 is 11.6 Å². The molecular formula is C17H16ClNO3S. The zero-order valence-electron chi connectivity index (χ0n) is 12.6. The van der Waals surface area contributed by atoms with Crippen LogP contribution in [0.4, 0.5) is 5.69 Å². The van der Waals surface area contributed by atoms with Gasteiger partial charge in [-0.05, 0) is 35.7 Å². The summed E-state index contributed by atoms with van der Waals surface area (Å²) in [6, 6.07) is 14.0. The maximum Gasteiger partial charge on any atom is 0.243 e. The van der Waals surface area contributed by atoms with Crippen LogP contribution in [0.5, 0.6) is 0 Å². The molecule has 6 heteroatoms. The molecule has 1 aliphatic rings. The van der Waals surface area contributed by atoms with Crippen molar-refractivity contribution in [3.05, 3.63) is 64.7 Å². The van der Waals surface area contributed by atoms with E-state index in [0.29, 0.717) is 22.7 Å². The molecule has 1 amide bonds. The lowest BCUT2D eigenvalue weighted by Gasteiger charge is -2.26. The molecule has 0 radical (unpaired) electrons. The molecule has 23 heavy (non-hydrogen) atoms. The number of hydrogen-bond donors (Lipinski definition) is 0. The molecule has 120 valence electrons. The van der Waals surface area contributed by atoms with E-state index in [4.69, 9.17) is 11.6 Å². The molecule has 1 atom stereocenters. The van der Waals surface area contributed by atoms with Gasteiger partial charge < -0.3 is 0 Å². The van der Waals surface area contributed by atoms with Crippen LogP contribution in [-0.2, 0) is 21.1 Å². The largest absolute Gasteiger partial charge is 0.289 e. The molecule has 0 bridgehead atoms.